The Morgan fingerprint density at radius 2 is 1.60 bits per heavy atom. The van der Waals surface area contributed by atoms with E-state index in [9.17, 15) is 9.59 Å². The maximum absolute atomic E-state index is 13.4. The Kier molecular flexibility index (Phi) is 6.70. The number of allylic oxidation sites excluding steroid dienone is 1. The van der Waals surface area contributed by atoms with Gasteiger partial charge in [-0.3, -0.25) is 4.79 Å². The Morgan fingerprint density at radius 3 is 2.10 bits per heavy atom. The molecular weight excluding hydrogens is 386 g/mol. The molecule has 0 radical (unpaired) electrons. The minimum absolute atomic E-state index is 0.108. The van der Waals surface area contributed by atoms with Crippen molar-refractivity contribution in [2.75, 3.05) is 28.4 Å². The molecule has 0 N–H and O–H groups in total. The van der Waals surface area contributed by atoms with E-state index in [0.717, 1.165) is 25.7 Å². The van der Waals surface area contributed by atoms with Gasteiger partial charge in [-0.05, 0) is 43.5 Å². The maximum Gasteiger partial charge on any atom is 0.340 e. The Bertz CT molecular complexity index is 870. The molecule has 0 aromatic heterocycles. The van der Waals surface area contributed by atoms with Crippen LogP contribution in [-0.4, -0.2) is 51.3 Å². The molecule has 0 bridgehead atoms. The van der Waals surface area contributed by atoms with E-state index < -0.39 is 5.97 Å². The number of carbonyl (C=O) groups is 2. The standard InChI is InChI=1S/C23H29NO6/c1-14-20(23(26)30-5)17(22(25)24(14)16-9-7-6-8-10-16)11-15-12-18(27-2)21(29-4)19(13-15)28-3/h11-13,16H,6-10H2,1-5H3/b17-11-. The highest BCUT2D eigenvalue weighted by Crippen LogP contribution is 2.41. The van der Waals surface area contributed by atoms with E-state index in [-0.39, 0.29) is 11.9 Å². The van der Waals surface area contributed by atoms with E-state index >= 15 is 0 Å². The number of hydrogen-bond acceptors (Lipinski definition) is 6. The van der Waals surface area contributed by atoms with Gasteiger partial charge in [-0.1, -0.05) is 19.3 Å². The third-order valence-corrected chi connectivity index (χ3v) is 5.77. The van der Waals surface area contributed by atoms with Crippen LogP contribution < -0.4 is 14.2 Å². The van der Waals surface area contributed by atoms with Crippen molar-refractivity contribution in [3.63, 3.8) is 0 Å². The number of hydrogen-bond donors (Lipinski definition) is 0. The highest BCUT2D eigenvalue weighted by molar-refractivity contribution is 6.16. The molecular formula is C23H29NO6. The number of rotatable bonds is 6. The van der Waals surface area contributed by atoms with Gasteiger partial charge in [0.15, 0.2) is 11.5 Å². The van der Waals surface area contributed by atoms with Crippen molar-refractivity contribution < 1.29 is 28.5 Å². The first-order valence-electron chi connectivity index (χ1n) is 10.1. The van der Waals surface area contributed by atoms with Gasteiger partial charge >= 0.3 is 5.97 Å². The molecule has 1 heterocycles. The minimum atomic E-state index is -0.516. The van der Waals surface area contributed by atoms with E-state index in [0.29, 0.717) is 39.7 Å². The van der Waals surface area contributed by atoms with E-state index in [1.54, 1.807) is 23.1 Å². The van der Waals surface area contributed by atoms with Crippen molar-refractivity contribution in [3.8, 4) is 17.2 Å². The zero-order valence-corrected chi connectivity index (χ0v) is 18.2. The van der Waals surface area contributed by atoms with Crippen LogP contribution in [0.5, 0.6) is 17.2 Å². The van der Waals surface area contributed by atoms with Crippen molar-refractivity contribution in [2.24, 2.45) is 0 Å². The second kappa shape index (κ2) is 9.24. The third kappa shape index (κ3) is 3.88. The number of carbonyl (C=O) groups excluding carboxylic acids is 2. The lowest BCUT2D eigenvalue weighted by Crippen LogP contribution is -2.37. The Balaban J connectivity index is 2.10. The van der Waals surface area contributed by atoms with Crippen LogP contribution in [0.1, 0.15) is 44.6 Å². The van der Waals surface area contributed by atoms with Crippen molar-refractivity contribution in [2.45, 2.75) is 45.1 Å². The van der Waals surface area contributed by atoms with E-state index in [2.05, 4.69) is 0 Å². The quantitative estimate of drug-likeness (QED) is 0.521. The zero-order valence-electron chi connectivity index (χ0n) is 18.2. The van der Waals surface area contributed by atoms with E-state index in [1.165, 1.54) is 34.9 Å². The first kappa shape index (κ1) is 21.7. The summed E-state index contributed by atoms with van der Waals surface area (Å²) in [6, 6.07) is 3.60. The van der Waals surface area contributed by atoms with Gasteiger partial charge in [-0.15, -0.1) is 0 Å². The highest BCUT2D eigenvalue weighted by Gasteiger charge is 2.40. The fourth-order valence-corrected chi connectivity index (χ4v) is 4.33. The summed E-state index contributed by atoms with van der Waals surface area (Å²) >= 11 is 0. The van der Waals surface area contributed by atoms with Gasteiger partial charge in [-0.25, -0.2) is 4.79 Å². The van der Waals surface area contributed by atoms with Gasteiger partial charge < -0.3 is 23.8 Å². The lowest BCUT2D eigenvalue weighted by atomic mass is 9.94. The summed E-state index contributed by atoms with van der Waals surface area (Å²) in [6.45, 7) is 1.81. The van der Waals surface area contributed by atoms with Crippen LogP contribution in [0.4, 0.5) is 0 Å². The van der Waals surface area contributed by atoms with Gasteiger partial charge in [-0.2, -0.15) is 0 Å². The summed E-state index contributed by atoms with van der Waals surface area (Å²) < 4.78 is 21.2. The highest BCUT2D eigenvalue weighted by atomic mass is 16.5. The molecule has 30 heavy (non-hydrogen) atoms. The number of amides is 1. The molecule has 162 valence electrons. The Morgan fingerprint density at radius 1 is 1.00 bits per heavy atom. The molecule has 1 aromatic carbocycles. The van der Waals surface area contributed by atoms with E-state index in [1.807, 2.05) is 6.92 Å². The second-order valence-corrected chi connectivity index (χ2v) is 7.44. The molecule has 2 aliphatic rings. The summed E-state index contributed by atoms with van der Waals surface area (Å²) in [6.07, 6.45) is 6.91. The predicted molar refractivity (Wildman–Crippen MR) is 113 cm³/mol. The molecule has 1 aliphatic heterocycles. The Labute approximate surface area is 177 Å². The molecule has 1 fully saturated rings. The molecule has 1 amide bonds. The zero-order chi connectivity index (χ0) is 21.8. The monoisotopic (exact) mass is 415 g/mol. The van der Waals surface area contributed by atoms with Gasteiger partial charge in [0.2, 0.25) is 5.75 Å². The summed E-state index contributed by atoms with van der Waals surface area (Å²) in [5, 5.41) is 0. The molecule has 0 atom stereocenters. The van der Waals surface area contributed by atoms with Gasteiger partial charge in [0.05, 0.1) is 39.6 Å². The predicted octanol–water partition coefficient (Wildman–Crippen LogP) is 3.72. The molecule has 7 nitrogen and oxygen atoms in total. The molecule has 0 unspecified atom stereocenters. The largest absolute Gasteiger partial charge is 0.493 e. The number of methoxy groups -OCH3 is 4. The average molecular weight is 415 g/mol. The first-order valence-corrected chi connectivity index (χ1v) is 10.1. The minimum Gasteiger partial charge on any atom is -0.493 e. The average Bonchev–Trinajstić information content (AvgIpc) is 3.02. The number of benzene rings is 1. The van der Waals surface area contributed by atoms with Crippen LogP contribution in [0.15, 0.2) is 29.0 Å². The van der Waals surface area contributed by atoms with Crippen molar-refractivity contribution in [1.82, 2.24) is 4.90 Å². The third-order valence-electron chi connectivity index (χ3n) is 5.77. The van der Waals surface area contributed by atoms with Crippen molar-refractivity contribution in [3.05, 3.63) is 34.5 Å². The van der Waals surface area contributed by atoms with Crippen LogP contribution in [-0.2, 0) is 14.3 Å². The van der Waals surface area contributed by atoms with Crippen molar-refractivity contribution in [1.29, 1.82) is 0 Å². The number of nitrogens with zero attached hydrogens (tertiary/aromatic N) is 1. The lowest BCUT2D eigenvalue weighted by molar-refractivity contribution is -0.136. The summed E-state index contributed by atoms with van der Waals surface area (Å²) in [7, 11) is 5.92. The van der Waals surface area contributed by atoms with E-state index in [4.69, 9.17) is 18.9 Å². The number of esters is 1. The second-order valence-electron chi connectivity index (χ2n) is 7.44. The topological polar surface area (TPSA) is 74.3 Å². The van der Waals surface area contributed by atoms with Crippen molar-refractivity contribution >= 4 is 18.0 Å². The normalized spacial score (nSPS) is 18.8. The molecule has 0 spiro atoms. The van der Waals surface area contributed by atoms with Crippen LogP contribution in [0.2, 0.25) is 0 Å². The maximum atomic E-state index is 13.4. The fraction of sp³-hybridized carbons (Fsp3) is 0.478. The van der Waals surface area contributed by atoms with Crippen LogP contribution in [0.3, 0.4) is 0 Å². The molecule has 0 saturated heterocycles. The molecule has 1 aliphatic carbocycles. The summed E-state index contributed by atoms with van der Waals surface area (Å²) in [4.78, 5) is 27.8. The molecule has 1 saturated carbocycles. The SMILES string of the molecule is COC(=O)C1=C(C)N(C2CCCCC2)C(=O)/C1=C\c1cc(OC)c(OC)c(OC)c1. The Hall–Kier alpha value is -2.96. The molecule has 1 aromatic rings. The van der Waals surface area contributed by atoms with Gasteiger partial charge in [0.1, 0.15) is 0 Å². The summed E-state index contributed by atoms with van der Waals surface area (Å²) in [5.74, 6) is 0.715. The van der Waals surface area contributed by atoms with Crippen LogP contribution >= 0.6 is 0 Å². The van der Waals surface area contributed by atoms with Gasteiger partial charge in [0, 0.05) is 11.7 Å². The summed E-state index contributed by atoms with van der Waals surface area (Å²) in [5.41, 5.74) is 1.94. The smallest absolute Gasteiger partial charge is 0.340 e. The fourth-order valence-electron chi connectivity index (χ4n) is 4.33. The van der Waals surface area contributed by atoms with Crippen LogP contribution in [0, 0.1) is 0 Å². The van der Waals surface area contributed by atoms with Crippen LogP contribution in [0.25, 0.3) is 6.08 Å². The first-order chi connectivity index (χ1) is 14.5. The molecule has 3 rings (SSSR count). The molecule has 7 heteroatoms. The van der Waals surface area contributed by atoms with Gasteiger partial charge in [0.25, 0.3) is 5.91 Å². The lowest BCUT2D eigenvalue weighted by Gasteiger charge is -2.32. The number of ether oxygens (including phenoxy) is 4.